The van der Waals surface area contributed by atoms with E-state index in [2.05, 4.69) is 18.7 Å². The Labute approximate surface area is 69.0 Å². The maximum atomic E-state index is 4.16. The number of fused-ring (bicyclic) bond motifs is 1. The van der Waals surface area contributed by atoms with Crippen LogP contribution in [0.4, 0.5) is 0 Å². The van der Waals surface area contributed by atoms with Gasteiger partial charge in [-0.1, -0.05) is 24.3 Å². The third kappa shape index (κ3) is 1.26. The van der Waals surface area contributed by atoms with E-state index in [1.165, 1.54) is 37.7 Å². The second-order valence-electron chi connectivity index (χ2n) is 3.86. The van der Waals surface area contributed by atoms with Crippen molar-refractivity contribution in [3.63, 3.8) is 0 Å². The van der Waals surface area contributed by atoms with Gasteiger partial charge in [0, 0.05) is 0 Å². The highest BCUT2D eigenvalue weighted by Gasteiger charge is 2.27. The molecule has 2 atom stereocenters. The summed E-state index contributed by atoms with van der Waals surface area (Å²) < 4.78 is 0. The minimum atomic E-state index is 0.841. The van der Waals surface area contributed by atoms with E-state index in [-0.39, 0.29) is 0 Å². The van der Waals surface area contributed by atoms with Crippen molar-refractivity contribution in [1.82, 2.24) is 0 Å². The normalized spacial score (nSPS) is 36.9. The maximum absolute atomic E-state index is 4.16. The molecule has 2 rings (SSSR count). The predicted molar refractivity (Wildman–Crippen MR) is 48.3 cm³/mol. The van der Waals surface area contributed by atoms with Crippen molar-refractivity contribution in [2.75, 3.05) is 0 Å². The predicted octanol–water partition coefficient (Wildman–Crippen LogP) is 3.31. The second-order valence-corrected chi connectivity index (χ2v) is 3.86. The molecule has 0 saturated heterocycles. The first-order chi connectivity index (χ1) is 5.38. The summed E-state index contributed by atoms with van der Waals surface area (Å²) in [7, 11) is 0. The van der Waals surface area contributed by atoms with Crippen molar-refractivity contribution in [2.24, 2.45) is 11.8 Å². The van der Waals surface area contributed by atoms with Crippen molar-refractivity contribution in [3.05, 3.63) is 24.3 Å². The molecule has 0 aromatic heterocycles. The van der Waals surface area contributed by atoms with Crippen molar-refractivity contribution in [2.45, 2.75) is 32.1 Å². The van der Waals surface area contributed by atoms with Crippen LogP contribution in [0.3, 0.4) is 0 Å². The number of hydrogen-bond acceptors (Lipinski definition) is 0. The molecule has 0 heteroatoms. The molecule has 2 aliphatic rings. The molecule has 11 heavy (non-hydrogen) atoms. The van der Waals surface area contributed by atoms with Crippen LogP contribution in [0.15, 0.2) is 24.3 Å². The first-order valence-corrected chi connectivity index (χ1v) is 4.70. The Morgan fingerprint density at radius 3 is 2.91 bits per heavy atom. The van der Waals surface area contributed by atoms with Crippen LogP contribution in [0.2, 0.25) is 0 Å². The summed E-state index contributed by atoms with van der Waals surface area (Å²) in [5.74, 6) is 1.79. The van der Waals surface area contributed by atoms with Gasteiger partial charge in [0.1, 0.15) is 0 Å². The molecule has 0 aliphatic heterocycles. The standard InChI is InChI=1S/C11H16/c1-9-5-4-7-10-6-2-3-8-11(9)10/h2-3,10-11H,1,4-8H2. The molecular formula is C11H16. The van der Waals surface area contributed by atoms with Crippen LogP contribution in [0, 0.1) is 11.8 Å². The largest absolute Gasteiger partial charge is 0.0996 e. The van der Waals surface area contributed by atoms with Gasteiger partial charge in [0.25, 0.3) is 0 Å². The Hall–Kier alpha value is -0.520. The molecule has 0 N–H and O–H groups in total. The van der Waals surface area contributed by atoms with Gasteiger partial charge < -0.3 is 0 Å². The van der Waals surface area contributed by atoms with Crippen molar-refractivity contribution in [3.8, 4) is 0 Å². The van der Waals surface area contributed by atoms with E-state index >= 15 is 0 Å². The van der Waals surface area contributed by atoms with Crippen molar-refractivity contribution < 1.29 is 0 Å². The lowest BCUT2D eigenvalue weighted by atomic mass is 9.71. The quantitative estimate of drug-likeness (QED) is 0.462. The summed E-state index contributed by atoms with van der Waals surface area (Å²) in [5, 5.41) is 0. The summed E-state index contributed by atoms with van der Waals surface area (Å²) in [5.41, 5.74) is 1.52. The smallest absolute Gasteiger partial charge is 0.0140 e. The summed E-state index contributed by atoms with van der Waals surface area (Å²) in [6.45, 7) is 4.16. The van der Waals surface area contributed by atoms with E-state index < -0.39 is 0 Å². The van der Waals surface area contributed by atoms with E-state index in [1.807, 2.05) is 0 Å². The third-order valence-electron chi connectivity index (χ3n) is 3.16. The summed E-state index contributed by atoms with van der Waals surface area (Å²) >= 11 is 0. The van der Waals surface area contributed by atoms with Gasteiger partial charge in [-0.15, -0.1) is 0 Å². The Balaban J connectivity index is 2.13. The van der Waals surface area contributed by atoms with Crippen LogP contribution in [0.1, 0.15) is 32.1 Å². The SMILES string of the molecule is C=C1CCCC2CC=CCC12. The lowest BCUT2D eigenvalue weighted by Crippen LogP contribution is -2.22. The Morgan fingerprint density at radius 1 is 1.27 bits per heavy atom. The molecule has 0 radical (unpaired) electrons. The van der Waals surface area contributed by atoms with Crippen LogP contribution in [-0.4, -0.2) is 0 Å². The van der Waals surface area contributed by atoms with Gasteiger partial charge in [0.2, 0.25) is 0 Å². The topological polar surface area (TPSA) is 0 Å². The van der Waals surface area contributed by atoms with Gasteiger partial charge in [-0.3, -0.25) is 0 Å². The first kappa shape index (κ1) is 7.15. The van der Waals surface area contributed by atoms with E-state index in [1.54, 1.807) is 0 Å². The number of hydrogen-bond donors (Lipinski definition) is 0. The van der Waals surface area contributed by atoms with Gasteiger partial charge in [-0.2, -0.15) is 0 Å². The molecule has 2 unspecified atom stereocenters. The fraction of sp³-hybridized carbons (Fsp3) is 0.636. The minimum Gasteiger partial charge on any atom is -0.0996 e. The first-order valence-electron chi connectivity index (χ1n) is 4.70. The van der Waals surface area contributed by atoms with Gasteiger partial charge in [0.15, 0.2) is 0 Å². The molecular weight excluding hydrogens is 132 g/mol. The number of allylic oxidation sites excluding steroid dienone is 3. The molecule has 2 aliphatic carbocycles. The van der Waals surface area contributed by atoms with Crippen LogP contribution >= 0.6 is 0 Å². The highest BCUT2D eigenvalue weighted by atomic mass is 14.3. The van der Waals surface area contributed by atoms with E-state index in [0.717, 1.165) is 11.8 Å². The Bertz CT molecular complexity index is 188. The minimum absolute atomic E-state index is 0.841. The molecule has 1 fully saturated rings. The molecule has 0 aromatic carbocycles. The third-order valence-corrected chi connectivity index (χ3v) is 3.16. The van der Waals surface area contributed by atoms with Gasteiger partial charge in [-0.25, -0.2) is 0 Å². The van der Waals surface area contributed by atoms with Gasteiger partial charge in [0.05, 0.1) is 0 Å². The zero-order valence-electron chi connectivity index (χ0n) is 7.05. The van der Waals surface area contributed by atoms with E-state index in [9.17, 15) is 0 Å². The zero-order valence-corrected chi connectivity index (χ0v) is 7.05. The van der Waals surface area contributed by atoms with Crippen LogP contribution < -0.4 is 0 Å². The molecule has 0 bridgehead atoms. The van der Waals surface area contributed by atoms with Gasteiger partial charge in [-0.05, 0) is 43.9 Å². The molecule has 60 valence electrons. The maximum Gasteiger partial charge on any atom is -0.0140 e. The highest BCUT2D eigenvalue weighted by molar-refractivity contribution is 5.12. The second kappa shape index (κ2) is 2.84. The lowest BCUT2D eigenvalue weighted by Gasteiger charge is -2.34. The fourth-order valence-corrected chi connectivity index (χ4v) is 2.47. The number of rotatable bonds is 0. The van der Waals surface area contributed by atoms with Crippen molar-refractivity contribution >= 4 is 0 Å². The van der Waals surface area contributed by atoms with E-state index in [4.69, 9.17) is 0 Å². The average molecular weight is 148 g/mol. The molecule has 1 saturated carbocycles. The Kier molecular flexibility index (Phi) is 1.85. The molecule has 0 nitrogen and oxygen atoms in total. The highest BCUT2D eigenvalue weighted by Crippen LogP contribution is 2.40. The fourth-order valence-electron chi connectivity index (χ4n) is 2.47. The Morgan fingerprint density at radius 2 is 2.09 bits per heavy atom. The molecule has 0 heterocycles. The molecule has 0 spiro atoms. The summed E-state index contributed by atoms with van der Waals surface area (Å²) in [6.07, 6.45) is 11.4. The summed E-state index contributed by atoms with van der Waals surface area (Å²) in [4.78, 5) is 0. The average Bonchev–Trinajstić information content (AvgIpc) is 2.06. The summed E-state index contributed by atoms with van der Waals surface area (Å²) in [6, 6.07) is 0. The molecule has 0 amide bonds. The zero-order chi connectivity index (χ0) is 7.68. The van der Waals surface area contributed by atoms with Gasteiger partial charge >= 0.3 is 0 Å². The lowest BCUT2D eigenvalue weighted by molar-refractivity contribution is 0.297. The molecule has 0 aromatic rings. The van der Waals surface area contributed by atoms with Crippen LogP contribution in [0.5, 0.6) is 0 Å². The van der Waals surface area contributed by atoms with Crippen molar-refractivity contribution in [1.29, 1.82) is 0 Å². The van der Waals surface area contributed by atoms with Crippen LogP contribution in [-0.2, 0) is 0 Å². The monoisotopic (exact) mass is 148 g/mol. The van der Waals surface area contributed by atoms with E-state index in [0.29, 0.717) is 0 Å². The van der Waals surface area contributed by atoms with Crippen LogP contribution in [0.25, 0.3) is 0 Å².